The number of ether oxygens (including phenoxy) is 3. The fourth-order valence-electron chi connectivity index (χ4n) is 2.57. The molecule has 0 spiro atoms. The summed E-state index contributed by atoms with van der Waals surface area (Å²) in [6, 6.07) is 14.0. The molecule has 0 saturated carbocycles. The highest BCUT2D eigenvalue weighted by molar-refractivity contribution is 5.85. The van der Waals surface area contributed by atoms with Crippen molar-refractivity contribution < 1.29 is 14.2 Å². The van der Waals surface area contributed by atoms with Gasteiger partial charge in [-0.05, 0) is 41.3 Å². The van der Waals surface area contributed by atoms with Crippen LogP contribution < -0.4 is 14.2 Å². The van der Waals surface area contributed by atoms with Crippen LogP contribution in [0.15, 0.2) is 48.7 Å². The topological polar surface area (TPSA) is 40.6 Å². The van der Waals surface area contributed by atoms with E-state index in [0.717, 1.165) is 34.4 Å². The average Bonchev–Trinajstić information content (AvgIpc) is 2.61. The van der Waals surface area contributed by atoms with Crippen molar-refractivity contribution in [2.45, 2.75) is 6.42 Å². The van der Waals surface area contributed by atoms with Crippen molar-refractivity contribution in [2.75, 3.05) is 21.3 Å². The highest BCUT2D eigenvalue weighted by Gasteiger charge is 2.07. The quantitative estimate of drug-likeness (QED) is 0.718. The van der Waals surface area contributed by atoms with Crippen LogP contribution in [-0.4, -0.2) is 26.3 Å². The van der Waals surface area contributed by atoms with Crippen LogP contribution in [0, 0.1) is 0 Å². The van der Waals surface area contributed by atoms with Crippen molar-refractivity contribution in [3.63, 3.8) is 0 Å². The van der Waals surface area contributed by atoms with Gasteiger partial charge < -0.3 is 14.2 Å². The van der Waals surface area contributed by atoms with Gasteiger partial charge in [-0.15, -0.1) is 0 Å². The van der Waals surface area contributed by atoms with Crippen molar-refractivity contribution in [2.24, 2.45) is 0 Å². The lowest BCUT2D eigenvalue weighted by molar-refractivity contribution is 0.356. The molecular weight excluding hydrogens is 290 g/mol. The van der Waals surface area contributed by atoms with E-state index in [1.807, 2.05) is 30.5 Å². The van der Waals surface area contributed by atoms with E-state index in [4.69, 9.17) is 14.2 Å². The highest BCUT2D eigenvalue weighted by atomic mass is 16.5. The summed E-state index contributed by atoms with van der Waals surface area (Å²) in [6.45, 7) is 0. The van der Waals surface area contributed by atoms with Gasteiger partial charge in [0.1, 0.15) is 5.75 Å². The molecule has 0 unspecified atom stereocenters. The lowest BCUT2D eigenvalue weighted by atomic mass is 10.1. The first-order chi connectivity index (χ1) is 11.2. The molecule has 1 aromatic heterocycles. The maximum Gasteiger partial charge on any atom is 0.161 e. The Bertz CT molecular complexity index is 813. The number of aromatic nitrogens is 1. The SMILES string of the molecule is COc1ccc(Cc2cc3cc(OC)c(OC)cc3cn2)cc1. The van der Waals surface area contributed by atoms with Crippen molar-refractivity contribution in [1.82, 2.24) is 4.98 Å². The van der Waals surface area contributed by atoms with Crippen molar-refractivity contribution >= 4 is 10.8 Å². The summed E-state index contributed by atoms with van der Waals surface area (Å²) in [6.07, 6.45) is 2.64. The molecule has 4 heteroatoms. The molecule has 0 atom stereocenters. The Morgan fingerprint density at radius 3 is 2.04 bits per heavy atom. The zero-order valence-corrected chi connectivity index (χ0v) is 13.5. The van der Waals surface area contributed by atoms with Crippen LogP contribution in [0.5, 0.6) is 17.2 Å². The zero-order chi connectivity index (χ0) is 16.2. The predicted octanol–water partition coefficient (Wildman–Crippen LogP) is 3.85. The molecule has 0 bridgehead atoms. The van der Waals surface area contributed by atoms with Crippen molar-refractivity contribution in [3.05, 3.63) is 59.9 Å². The van der Waals surface area contributed by atoms with Gasteiger partial charge in [0.25, 0.3) is 0 Å². The molecule has 0 aliphatic rings. The van der Waals surface area contributed by atoms with E-state index in [-0.39, 0.29) is 0 Å². The minimum absolute atomic E-state index is 0.713. The maximum absolute atomic E-state index is 5.37. The first-order valence-corrected chi connectivity index (χ1v) is 7.37. The van der Waals surface area contributed by atoms with Gasteiger partial charge >= 0.3 is 0 Å². The number of pyridine rings is 1. The van der Waals surface area contributed by atoms with E-state index in [1.54, 1.807) is 21.3 Å². The first-order valence-electron chi connectivity index (χ1n) is 7.37. The van der Waals surface area contributed by atoms with Gasteiger partial charge in [-0.25, -0.2) is 0 Å². The summed E-state index contributed by atoms with van der Waals surface area (Å²) in [5.74, 6) is 2.29. The van der Waals surface area contributed by atoms with Gasteiger partial charge in [-0.2, -0.15) is 0 Å². The molecule has 0 saturated heterocycles. The third-order valence-electron chi connectivity index (χ3n) is 3.83. The van der Waals surface area contributed by atoms with Gasteiger partial charge in [-0.1, -0.05) is 12.1 Å². The molecule has 0 fully saturated rings. The fraction of sp³-hybridized carbons (Fsp3) is 0.211. The Labute approximate surface area is 135 Å². The predicted molar refractivity (Wildman–Crippen MR) is 90.6 cm³/mol. The standard InChI is InChI=1S/C19H19NO3/c1-21-17-6-4-13(5-7-17)8-16-9-14-10-18(22-2)19(23-3)11-15(14)12-20-16/h4-7,9-12H,8H2,1-3H3. The van der Waals surface area contributed by atoms with E-state index >= 15 is 0 Å². The van der Waals surface area contributed by atoms with E-state index in [9.17, 15) is 0 Å². The fourth-order valence-corrected chi connectivity index (χ4v) is 2.57. The third-order valence-corrected chi connectivity index (χ3v) is 3.83. The van der Waals surface area contributed by atoms with Crippen LogP contribution in [0.2, 0.25) is 0 Å². The van der Waals surface area contributed by atoms with E-state index < -0.39 is 0 Å². The number of fused-ring (bicyclic) bond motifs is 1. The lowest BCUT2D eigenvalue weighted by Gasteiger charge is -2.10. The molecule has 23 heavy (non-hydrogen) atoms. The second kappa shape index (κ2) is 6.57. The number of hydrogen-bond acceptors (Lipinski definition) is 4. The molecule has 0 aliphatic heterocycles. The normalized spacial score (nSPS) is 10.6. The van der Waals surface area contributed by atoms with Crippen LogP contribution in [0.1, 0.15) is 11.3 Å². The van der Waals surface area contributed by atoms with Gasteiger partial charge in [0.2, 0.25) is 0 Å². The Morgan fingerprint density at radius 1 is 0.783 bits per heavy atom. The Balaban J connectivity index is 1.92. The van der Waals surface area contributed by atoms with Crippen LogP contribution in [0.3, 0.4) is 0 Å². The number of nitrogens with zero attached hydrogens (tertiary/aromatic N) is 1. The monoisotopic (exact) mass is 309 g/mol. The summed E-state index contributed by atoms with van der Waals surface area (Å²) in [4.78, 5) is 4.55. The van der Waals surface area contributed by atoms with Crippen LogP contribution in [-0.2, 0) is 6.42 Å². The summed E-state index contributed by atoms with van der Waals surface area (Å²) in [7, 11) is 4.94. The number of benzene rings is 2. The first kappa shape index (κ1) is 15.2. The molecule has 3 rings (SSSR count). The van der Waals surface area contributed by atoms with E-state index in [1.165, 1.54) is 5.56 Å². The molecular formula is C19H19NO3. The molecule has 0 amide bonds. The van der Waals surface area contributed by atoms with E-state index in [2.05, 4.69) is 23.2 Å². The van der Waals surface area contributed by atoms with Crippen LogP contribution in [0.25, 0.3) is 10.8 Å². The Hall–Kier alpha value is -2.75. The summed E-state index contributed by atoms with van der Waals surface area (Å²) >= 11 is 0. The second-order valence-electron chi connectivity index (χ2n) is 5.25. The van der Waals surface area contributed by atoms with Crippen LogP contribution in [0.4, 0.5) is 0 Å². The average molecular weight is 309 g/mol. The number of rotatable bonds is 5. The smallest absolute Gasteiger partial charge is 0.161 e. The van der Waals surface area contributed by atoms with Crippen LogP contribution >= 0.6 is 0 Å². The molecule has 4 nitrogen and oxygen atoms in total. The molecule has 0 radical (unpaired) electrons. The lowest BCUT2D eigenvalue weighted by Crippen LogP contribution is -1.94. The molecule has 3 aromatic rings. The summed E-state index contributed by atoms with van der Waals surface area (Å²) < 4.78 is 15.9. The Morgan fingerprint density at radius 2 is 1.43 bits per heavy atom. The molecule has 0 aliphatic carbocycles. The highest BCUT2D eigenvalue weighted by Crippen LogP contribution is 2.32. The van der Waals surface area contributed by atoms with Gasteiger partial charge in [0, 0.05) is 23.7 Å². The van der Waals surface area contributed by atoms with Gasteiger partial charge in [0.05, 0.1) is 21.3 Å². The summed E-state index contributed by atoms with van der Waals surface area (Å²) in [5.41, 5.74) is 2.20. The molecule has 118 valence electrons. The molecule has 0 N–H and O–H groups in total. The Kier molecular flexibility index (Phi) is 4.33. The second-order valence-corrected chi connectivity index (χ2v) is 5.25. The molecule has 1 heterocycles. The van der Waals surface area contributed by atoms with Crippen molar-refractivity contribution in [1.29, 1.82) is 0 Å². The minimum atomic E-state index is 0.713. The van der Waals surface area contributed by atoms with Gasteiger partial charge in [0.15, 0.2) is 11.5 Å². The van der Waals surface area contributed by atoms with E-state index in [0.29, 0.717) is 5.75 Å². The summed E-state index contributed by atoms with van der Waals surface area (Å²) in [5, 5.41) is 2.11. The van der Waals surface area contributed by atoms with Crippen molar-refractivity contribution in [3.8, 4) is 17.2 Å². The molecule has 2 aromatic carbocycles. The number of hydrogen-bond donors (Lipinski definition) is 0. The number of methoxy groups -OCH3 is 3. The zero-order valence-electron chi connectivity index (χ0n) is 13.5. The third kappa shape index (κ3) is 3.21. The van der Waals surface area contributed by atoms with Gasteiger partial charge in [-0.3, -0.25) is 4.98 Å². The largest absolute Gasteiger partial charge is 0.497 e. The minimum Gasteiger partial charge on any atom is -0.497 e. The maximum atomic E-state index is 5.37.